The van der Waals surface area contributed by atoms with Crippen LogP contribution in [0, 0.1) is 0 Å². The van der Waals surface area contributed by atoms with Gasteiger partial charge in [0.1, 0.15) is 16.3 Å². The van der Waals surface area contributed by atoms with Gasteiger partial charge in [-0.15, -0.1) is 23.1 Å². The van der Waals surface area contributed by atoms with Crippen molar-refractivity contribution in [2.75, 3.05) is 24.3 Å². The standard InChI is InChI=1S/C38H39N5O7S2/c1-23(32(44)42-35-31(36(47)49-5)28-16-18-43(22-30(28)52-35)37(48)50-38(2,3)4)51-27-15-9-14-26(20-27)40-34(46)29(19-24-11-10-17-39-21-24)41-33(45)25-12-7-6-8-13-25/h6-15,17,19-21,23H,16,18,22H2,1-5H3,(H,40,46)(H,41,45)(H,42,44)/b29-19-. The lowest BCUT2D eigenvalue weighted by Gasteiger charge is -2.30. The molecule has 3 heterocycles. The van der Waals surface area contributed by atoms with Crippen molar-refractivity contribution in [3.8, 4) is 0 Å². The molecule has 0 bridgehead atoms. The van der Waals surface area contributed by atoms with Crippen LogP contribution in [0.4, 0.5) is 15.5 Å². The maximum absolute atomic E-state index is 13.5. The molecule has 0 saturated carbocycles. The van der Waals surface area contributed by atoms with E-state index in [-0.39, 0.29) is 23.7 Å². The molecule has 0 aliphatic carbocycles. The summed E-state index contributed by atoms with van der Waals surface area (Å²) in [6, 6.07) is 19.0. The SMILES string of the molecule is COC(=O)c1c(NC(=O)C(C)Sc2cccc(NC(=O)/C(=C/c3cccnc3)NC(=O)c3ccccc3)c2)sc2c1CCN(C(=O)OC(C)(C)C)C2. The van der Waals surface area contributed by atoms with Crippen LogP contribution in [0.1, 0.15) is 64.4 Å². The Morgan fingerprint density at radius 1 is 1.00 bits per heavy atom. The summed E-state index contributed by atoms with van der Waals surface area (Å²) in [5.41, 5.74) is 1.85. The van der Waals surface area contributed by atoms with E-state index in [9.17, 15) is 24.0 Å². The third kappa shape index (κ3) is 9.86. The molecule has 270 valence electrons. The fraction of sp³-hybridized carbons (Fsp3) is 0.263. The molecule has 0 saturated heterocycles. The van der Waals surface area contributed by atoms with Gasteiger partial charge in [0.2, 0.25) is 5.91 Å². The predicted molar refractivity (Wildman–Crippen MR) is 201 cm³/mol. The smallest absolute Gasteiger partial charge is 0.410 e. The molecule has 1 aliphatic heterocycles. The van der Waals surface area contributed by atoms with Crippen molar-refractivity contribution in [1.82, 2.24) is 15.2 Å². The average Bonchev–Trinajstić information content (AvgIpc) is 3.48. The van der Waals surface area contributed by atoms with E-state index in [1.807, 2.05) is 6.07 Å². The molecule has 14 heteroatoms. The van der Waals surface area contributed by atoms with Crippen LogP contribution in [-0.4, -0.2) is 64.2 Å². The molecular weight excluding hydrogens is 703 g/mol. The lowest BCUT2D eigenvalue weighted by molar-refractivity contribution is -0.115. The second kappa shape index (κ2) is 16.7. The molecule has 0 spiro atoms. The molecule has 2 aromatic carbocycles. The number of methoxy groups -OCH3 is 1. The minimum absolute atomic E-state index is 0.0157. The summed E-state index contributed by atoms with van der Waals surface area (Å²) in [5.74, 6) is -1.92. The van der Waals surface area contributed by atoms with Gasteiger partial charge in [-0.1, -0.05) is 30.3 Å². The molecule has 0 radical (unpaired) electrons. The zero-order chi connectivity index (χ0) is 37.4. The average molecular weight is 742 g/mol. The van der Waals surface area contributed by atoms with Crippen LogP contribution in [-0.2, 0) is 32.0 Å². The highest BCUT2D eigenvalue weighted by Crippen LogP contribution is 2.38. The molecule has 5 rings (SSSR count). The van der Waals surface area contributed by atoms with Gasteiger partial charge in [-0.25, -0.2) is 9.59 Å². The topological polar surface area (TPSA) is 156 Å². The summed E-state index contributed by atoms with van der Waals surface area (Å²) in [7, 11) is 1.28. The Bertz CT molecular complexity index is 1990. The van der Waals surface area contributed by atoms with E-state index >= 15 is 0 Å². The van der Waals surface area contributed by atoms with Crippen LogP contribution in [0.25, 0.3) is 6.08 Å². The minimum atomic E-state index is -0.650. The largest absolute Gasteiger partial charge is 0.465 e. The van der Waals surface area contributed by atoms with E-state index in [4.69, 9.17) is 9.47 Å². The molecule has 3 N–H and O–H groups in total. The number of benzene rings is 2. The van der Waals surface area contributed by atoms with Gasteiger partial charge in [0.05, 0.1) is 24.5 Å². The molecule has 4 amide bonds. The highest BCUT2D eigenvalue weighted by Gasteiger charge is 2.33. The summed E-state index contributed by atoms with van der Waals surface area (Å²) in [4.78, 5) is 72.7. The first-order valence-corrected chi connectivity index (χ1v) is 18.1. The number of nitrogens with zero attached hydrogens (tertiary/aromatic N) is 2. The number of rotatable bonds is 10. The van der Waals surface area contributed by atoms with Crippen molar-refractivity contribution in [2.45, 2.75) is 56.4 Å². The number of nitrogens with one attached hydrogen (secondary N) is 3. The van der Waals surface area contributed by atoms with Crippen molar-refractivity contribution in [1.29, 1.82) is 0 Å². The number of carbonyl (C=O) groups is 5. The number of esters is 1. The number of carbonyl (C=O) groups excluding carboxylic acids is 5. The second-order valence-electron chi connectivity index (χ2n) is 12.7. The molecule has 1 unspecified atom stereocenters. The number of thioether (sulfide) groups is 1. The first-order valence-electron chi connectivity index (χ1n) is 16.4. The number of amides is 4. The number of ether oxygens (including phenoxy) is 2. The highest BCUT2D eigenvalue weighted by molar-refractivity contribution is 8.00. The first kappa shape index (κ1) is 37.8. The van der Waals surface area contributed by atoms with Gasteiger partial charge in [-0.3, -0.25) is 19.4 Å². The van der Waals surface area contributed by atoms with Crippen LogP contribution < -0.4 is 16.0 Å². The van der Waals surface area contributed by atoms with Gasteiger partial charge < -0.3 is 30.3 Å². The van der Waals surface area contributed by atoms with Crippen LogP contribution in [0.3, 0.4) is 0 Å². The summed E-state index contributed by atoms with van der Waals surface area (Å²) in [5, 5.41) is 8.19. The number of thiophene rings is 1. The van der Waals surface area contributed by atoms with Crippen LogP contribution in [0.5, 0.6) is 0 Å². The number of aromatic nitrogens is 1. The molecule has 12 nitrogen and oxygen atoms in total. The van der Waals surface area contributed by atoms with Crippen LogP contribution in [0.2, 0.25) is 0 Å². The fourth-order valence-electron chi connectivity index (χ4n) is 5.18. The van der Waals surface area contributed by atoms with Gasteiger partial charge in [-0.05, 0) is 87.7 Å². The maximum atomic E-state index is 13.5. The van der Waals surface area contributed by atoms with Gasteiger partial charge in [-0.2, -0.15) is 0 Å². The molecule has 1 aliphatic rings. The van der Waals surface area contributed by atoms with Crippen molar-refractivity contribution in [3.63, 3.8) is 0 Å². The van der Waals surface area contributed by atoms with E-state index in [1.54, 1.807) is 106 Å². The summed E-state index contributed by atoms with van der Waals surface area (Å²) >= 11 is 2.49. The number of hydrogen-bond acceptors (Lipinski definition) is 10. The Kier molecular flexibility index (Phi) is 12.1. The number of hydrogen-bond donors (Lipinski definition) is 3. The second-order valence-corrected chi connectivity index (χ2v) is 15.3. The lowest BCUT2D eigenvalue weighted by atomic mass is 10.0. The van der Waals surface area contributed by atoms with E-state index in [1.165, 1.54) is 36.3 Å². The van der Waals surface area contributed by atoms with Crippen molar-refractivity contribution >= 4 is 69.6 Å². The van der Waals surface area contributed by atoms with E-state index < -0.39 is 34.7 Å². The maximum Gasteiger partial charge on any atom is 0.410 e. The van der Waals surface area contributed by atoms with E-state index in [2.05, 4.69) is 20.9 Å². The van der Waals surface area contributed by atoms with E-state index in [0.717, 1.165) is 10.4 Å². The normalized spacial score (nSPS) is 13.3. The molecule has 2 aromatic heterocycles. The van der Waals surface area contributed by atoms with Crippen molar-refractivity contribution < 1.29 is 33.4 Å². The fourth-order valence-corrected chi connectivity index (χ4v) is 7.36. The Morgan fingerprint density at radius 2 is 1.77 bits per heavy atom. The molecular formula is C38H39N5O7S2. The summed E-state index contributed by atoms with van der Waals surface area (Å²) < 4.78 is 10.6. The summed E-state index contributed by atoms with van der Waals surface area (Å²) in [6.45, 7) is 7.73. The molecule has 4 aromatic rings. The Balaban J connectivity index is 1.27. The predicted octanol–water partition coefficient (Wildman–Crippen LogP) is 6.75. The van der Waals surface area contributed by atoms with Gasteiger partial charge in [0, 0.05) is 40.0 Å². The monoisotopic (exact) mass is 741 g/mol. The molecule has 0 fully saturated rings. The molecule has 1 atom stereocenters. The highest BCUT2D eigenvalue weighted by atomic mass is 32.2. The zero-order valence-corrected chi connectivity index (χ0v) is 31.0. The number of pyridine rings is 1. The minimum Gasteiger partial charge on any atom is -0.465 e. The first-order chi connectivity index (χ1) is 24.8. The quantitative estimate of drug-likeness (QED) is 0.0909. The zero-order valence-electron chi connectivity index (χ0n) is 29.4. The van der Waals surface area contributed by atoms with Gasteiger partial charge >= 0.3 is 12.1 Å². The number of fused-ring (bicyclic) bond motifs is 1. The third-order valence-corrected chi connectivity index (χ3v) is 9.86. The number of anilines is 2. The van der Waals surface area contributed by atoms with E-state index in [0.29, 0.717) is 39.7 Å². The Morgan fingerprint density at radius 3 is 2.46 bits per heavy atom. The summed E-state index contributed by atoms with van der Waals surface area (Å²) in [6.07, 6.45) is 4.68. The third-order valence-electron chi connectivity index (χ3n) is 7.63. The van der Waals surface area contributed by atoms with Gasteiger partial charge in [0.25, 0.3) is 11.8 Å². The van der Waals surface area contributed by atoms with Crippen molar-refractivity contribution in [2.24, 2.45) is 0 Å². The van der Waals surface area contributed by atoms with Gasteiger partial charge in [0.15, 0.2) is 0 Å². The van der Waals surface area contributed by atoms with Crippen molar-refractivity contribution in [3.05, 3.63) is 112 Å². The van der Waals surface area contributed by atoms with Crippen LogP contribution >= 0.6 is 23.1 Å². The Labute approximate surface area is 310 Å². The Hall–Kier alpha value is -5.47. The lowest BCUT2D eigenvalue weighted by Crippen LogP contribution is -2.39. The van der Waals surface area contributed by atoms with Crippen LogP contribution in [0.15, 0.2) is 89.7 Å². The molecule has 52 heavy (non-hydrogen) atoms.